The number of fused-ring (bicyclic) bond motifs is 1. The van der Waals surface area contributed by atoms with Crippen LogP contribution in [0.5, 0.6) is 0 Å². The monoisotopic (exact) mass is 371 g/mol. The van der Waals surface area contributed by atoms with E-state index in [1.807, 2.05) is 0 Å². The highest BCUT2D eigenvalue weighted by atomic mass is 35.5. The highest BCUT2D eigenvalue weighted by Gasteiger charge is 2.25. The van der Waals surface area contributed by atoms with E-state index in [1.165, 1.54) is 18.3 Å². The van der Waals surface area contributed by atoms with E-state index in [2.05, 4.69) is 4.72 Å². The second-order valence-corrected chi connectivity index (χ2v) is 7.65. The Labute approximate surface area is 143 Å². The molecule has 0 saturated heterocycles. The first-order chi connectivity index (χ1) is 11.3. The number of anilines is 1. The third-order valence-electron chi connectivity index (χ3n) is 3.82. The zero-order valence-electron chi connectivity index (χ0n) is 12.8. The lowest BCUT2D eigenvalue weighted by atomic mass is 10.3. The van der Waals surface area contributed by atoms with E-state index >= 15 is 0 Å². The van der Waals surface area contributed by atoms with Crippen molar-refractivity contribution in [1.82, 2.24) is 9.47 Å². The third-order valence-corrected chi connectivity index (χ3v) is 5.46. The predicted molar refractivity (Wildman–Crippen MR) is 88.2 cm³/mol. The minimum Gasteiger partial charge on any atom is -0.342 e. The molecule has 0 saturated carbocycles. The Morgan fingerprint density at radius 1 is 1.25 bits per heavy atom. The Morgan fingerprint density at radius 2 is 2.00 bits per heavy atom. The number of carbonyl (C=O) groups excluding carboxylic acids is 1. The third kappa shape index (κ3) is 3.11. The van der Waals surface area contributed by atoms with Gasteiger partial charge in [-0.25, -0.2) is 12.8 Å². The Hall–Kier alpha value is -2.06. The lowest BCUT2D eigenvalue weighted by Gasteiger charge is -2.12. The number of rotatable bonds is 3. The summed E-state index contributed by atoms with van der Waals surface area (Å²) in [6.07, 6.45) is 2.16. The fraction of sp³-hybridized carbons (Fsp3) is 0.267. The van der Waals surface area contributed by atoms with Crippen molar-refractivity contribution in [3.05, 3.63) is 47.0 Å². The zero-order chi connectivity index (χ0) is 17.5. The summed E-state index contributed by atoms with van der Waals surface area (Å²) in [6.45, 7) is 1.17. The van der Waals surface area contributed by atoms with Crippen LogP contribution in [-0.2, 0) is 16.6 Å². The SMILES string of the molecule is CN1CCCn2cc(S(=O)(=O)Nc3ccc(F)cc3Cl)cc2C1=O. The quantitative estimate of drug-likeness (QED) is 0.901. The van der Waals surface area contributed by atoms with Gasteiger partial charge in [-0.2, -0.15) is 0 Å². The number of aryl methyl sites for hydroxylation is 1. The van der Waals surface area contributed by atoms with Crippen molar-refractivity contribution < 1.29 is 17.6 Å². The van der Waals surface area contributed by atoms with Gasteiger partial charge >= 0.3 is 0 Å². The summed E-state index contributed by atoms with van der Waals surface area (Å²) in [4.78, 5) is 13.8. The highest BCUT2D eigenvalue weighted by Crippen LogP contribution is 2.26. The molecule has 1 aliphatic rings. The first-order valence-corrected chi connectivity index (χ1v) is 9.07. The molecule has 1 aliphatic heterocycles. The van der Waals surface area contributed by atoms with Crippen molar-refractivity contribution in [3.63, 3.8) is 0 Å². The molecule has 2 aromatic rings. The first-order valence-electron chi connectivity index (χ1n) is 7.21. The normalized spacial score (nSPS) is 15.1. The molecule has 0 atom stereocenters. The lowest BCUT2D eigenvalue weighted by Crippen LogP contribution is -2.26. The van der Waals surface area contributed by atoms with E-state index in [9.17, 15) is 17.6 Å². The number of sulfonamides is 1. The molecule has 0 unspecified atom stereocenters. The van der Waals surface area contributed by atoms with Crippen molar-refractivity contribution in [3.8, 4) is 0 Å². The summed E-state index contributed by atoms with van der Waals surface area (Å²) in [5, 5.41) is -0.0462. The molecule has 2 heterocycles. The van der Waals surface area contributed by atoms with E-state index in [0.717, 1.165) is 18.6 Å². The maximum absolute atomic E-state index is 13.1. The van der Waals surface area contributed by atoms with Crippen molar-refractivity contribution in [2.24, 2.45) is 0 Å². The van der Waals surface area contributed by atoms with Crippen LogP contribution in [0.3, 0.4) is 0 Å². The molecular weight excluding hydrogens is 357 g/mol. The van der Waals surface area contributed by atoms with Crippen LogP contribution in [0.1, 0.15) is 16.9 Å². The average molecular weight is 372 g/mol. The van der Waals surface area contributed by atoms with Gasteiger partial charge in [0.2, 0.25) is 0 Å². The second kappa shape index (κ2) is 6.10. The van der Waals surface area contributed by atoms with Gasteiger partial charge < -0.3 is 9.47 Å². The largest absolute Gasteiger partial charge is 0.342 e. The van der Waals surface area contributed by atoms with E-state index in [1.54, 1.807) is 16.5 Å². The highest BCUT2D eigenvalue weighted by molar-refractivity contribution is 7.92. The van der Waals surface area contributed by atoms with Crippen LogP contribution < -0.4 is 4.72 Å². The van der Waals surface area contributed by atoms with Crippen LogP contribution in [0.25, 0.3) is 0 Å². The van der Waals surface area contributed by atoms with E-state index < -0.39 is 15.8 Å². The molecule has 128 valence electrons. The standard InChI is InChI=1S/C15H15ClFN3O3S/c1-19-5-2-6-20-9-11(8-14(20)15(19)21)24(22,23)18-13-4-3-10(17)7-12(13)16/h3-4,7-9,18H,2,5-6H2,1H3. The minimum atomic E-state index is -3.94. The average Bonchev–Trinajstić information content (AvgIpc) is 2.89. The molecule has 24 heavy (non-hydrogen) atoms. The van der Waals surface area contributed by atoms with E-state index in [0.29, 0.717) is 18.8 Å². The second-order valence-electron chi connectivity index (χ2n) is 5.56. The summed E-state index contributed by atoms with van der Waals surface area (Å²) in [5.74, 6) is -0.791. The summed E-state index contributed by atoms with van der Waals surface area (Å²) >= 11 is 5.86. The number of benzene rings is 1. The number of hydrogen-bond acceptors (Lipinski definition) is 3. The Kier molecular flexibility index (Phi) is 4.27. The van der Waals surface area contributed by atoms with Gasteiger partial charge in [0.1, 0.15) is 16.4 Å². The molecule has 1 amide bonds. The molecule has 1 aromatic carbocycles. The number of nitrogens with zero attached hydrogens (tertiary/aromatic N) is 2. The fourth-order valence-corrected chi connectivity index (χ4v) is 3.93. The van der Waals surface area contributed by atoms with Crippen LogP contribution in [0.2, 0.25) is 5.02 Å². The number of amides is 1. The molecule has 0 fully saturated rings. The van der Waals surface area contributed by atoms with Gasteiger partial charge in [0, 0.05) is 26.3 Å². The van der Waals surface area contributed by atoms with Gasteiger partial charge in [-0.15, -0.1) is 0 Å². The summed E-state index contributed by atoms with van der Waals surface area (Å²) in [5.41, 5.74) is 0.392. The van der Waals surface area contributed by atoms with Crippen molar-refractivity contribution in [1.29, 1.82) is 0 Å². The predicted octanol–water partition coefficient (Wildman–Crippen LogP) is 2.56. The van der Waals surface area contributed by atoms with Crippen molar-refractivity contribution in [2.45, 2.75) is 17.9 Å². The van der Waals surface area contributed by atoms with Crippen LogP contribution in [0.4, 0.5) is 10.1 Å². The number of carbonyl (C=O) groups is 1. The number of aromatic nitrogens is 1. The van der Waals surface area contributed by atoms with Gasteiger partial charge in [-0.3, -0.25) is 9.52 Å². The van der Waals surface area contributed by atoms with E-state index in [4.69, 9.17) is 11.6 Å². The van der Waals surface area contributed by atoms with Crippen LogP contribution in [0.15, 0.2) is 35.4 Å². The molecule has 0 radical (unpaired) electrons. The van der Waals surface area contributed by atoms with E-state index in [-0.39, 0.29) is 21.5 Å². The van der Waals surface area contributed by atoms with Crippen LogP contribution >= 0.6 is 11.6 Å². The number of halogens is 2. The lowest BCUT2D eigenvalue weighted by molar-refractivity contribution is 0.0796. The molecule has 1 N–H and O–H groups in total. The van der Waals surface area contributed by atoms with Crippen LogP contribution in [0, 0.1) is 5.82 Å². The van der Waals surface area contributed by atoms with Crippen molar-refractivity contribution >= 4 is 33.2 Å². The molecular formula is C15H15ClFN3O3S. The molecule has 3 rings (SSSR count). The fourth-order valence-electron chi connectivity index (χ4n) is 2.55. The first kappa shape index (κ1) is 16.8. The Bertz CT molecular complexity index is 911. The molecule has 6 nitrogen and oxygen atoms in total. The smallest absolute Gasteiger partial charge is 0.270 e. The maximum atomic E-state index is 13.1. The topological polar surface area (TPSA) is 71.4 Å². The molecule has 0 aliphatic carbocycles. The Morgan fingerprint density at radius 3 is 2.71 bits per heavy atom. The Balaban J connectivity index is 1.95. The summed E-state index contributed by atoms with van der Waals surface area (Å²) in [6, 6.07) is 4.71. The summed E-state index contributed by atoms with van der Waals surface area (Å²) in [7, 11) is -2.27. The molecule has 9 heteroatoms. The van der Waals surface area contributed by atoms with Gasteiger partial charge in [0.15, 0.2) is 0 Å². The minimum absolute atomic E-state index is 0.0402. The van der Waals surface area contributed by atoms with Gasteiger partial charge in [0.25, 0.3) is 15.9 Å². The van der Waals surface area contributed by atoms with Gasteiger partial charge in [0.05, 0.1) is 10.7 Å². The molecule has 1 aromatic heterocycles. The molecule has 0 bridgehead atoms. The maximum Gasteiger partial charge on any atom is 0.270 e. The molecule has 0 spiro atoms. The van der Waals surface area contributed by atoms with Crippen molar-refractivity contribution in [2.75, 3.05) is 18.3 Å². The van der Waals surface area contributed by atoms with Gasteiger partial charge in [-0.05, 0) is 30.7 Å². The van der Waals surface area contributed by atoms with Gasteiger partial charge in [-0.1, -0.05) is 11.6 Å². The zero-order valence-corrected chi connectivity index (χ0v) is 14.4. The number of nitrogens with one attached hydrogen (secondary N) is 1. The van der Waals surface area contributed by atoms with Crippen LogP contribution in [-0.4, -0.2) is 37.4 Å². The number of hydrogen-bond donors (Lipinski definition) is 1. The summed E-state index contributed by atoms with van der Waals surface area (Å²) < 4.78 is 42.1.